The summed E-state index contributed by atoms with van der Waals surface area (Å²) in [5.74, 6) is -0.408. The lowest BCUT2D eigenvalue weighted by Crippen LogP contribution is -2.38. The van der Waals surface area contributed by atoms with E-state index in [0.717, 1.165) is 19.0 Å². The van der Waals surface area contributed by atoms with Crippen molar-refractivity contribution in [3.05, 3.63) is 29.8 Å². The molecule has 0 spiro atoms. The highest BCUT2D eigenvalue weighted by Gasteiger charge is 2.36. The zero-order valence-corrected chi connectivity index (χ0v) is 10.0. The van der Waals surface area contributed by atoms with Crippen molar-refractivity contribution in [2.45, 2.75) is 44.3 Å². The van der Waals surface area contributed by atoms with Crippen LogP contribution in [0, 0.1) is 5.82 Å². The molecule has 0 bridgehead atoms. The molecule has 94 valence electrons. The molecule has 4 heteroatoms. The van der Waals surface area contributed by atoms with Crippen molar-refractivity contribution in [1.29, 1.82) is 0 Å². The van der Waals surface area contributed by atoms with Gasteiger partial charge in [-0.25, -0.2) is 4.39 Å². The second-order valence-electron chi connectivity index (χ2n) is 4.66. The average Bonchev–Trinajstić information content (AvgIpc) is 2.30. The second-order valence-corrected chi connectivity index (χ2v) is 4.66. The molecular weight excluding hydrogens is 221 g/mol. The van der Waals surface area contributed by atoms with E-state index in [1.54, 1.807) is 0 Å². The Balaban J connectivity index is 2.17. The number of hydrogen-bond acceptors (Lipinski definition) is 3. The van der Waals surface area contributed by atoms with Gasteiger partial charge in [-0.05, 0) is 12.5 Å². The first kappa shape index (κ1) is 12.5. The molecule has 2 rings (SSSR count). The van der Waals surface area contributed by atoms with Crippen LogP contribution >= 0.6 is 0 Å². The zero-order chi connectivity index (χ0) is 12.3. The maximum absolute atomic E-state index is 13.1. The van der Waals surface area contributed by atoms with Crippen molar-refractivity contribution in [3.63, 3.8) is 0 Å². The molecule has 1 aromatic rings. The third-order valence-corrected chi connectivity index (χ3v) is 3.29. The summed E-state index contributed by atoms with van der Waals surface area (Å²) >= 11 is 0. The molecule has 3 nitrogen and oxygen atoms in total. The summed E-state index contributed by atoms with van der Waals surface area (Å²) in [6.07, 6.45) is 5.70. The van der Waals surface area contributed by atoms with Gasteiger partial charge in [-0.1, -0.05) is 13.3 Å². The van der Waals surface area contributed by atoms with Gasteiger partial charge in [0, 0.05) is 24.6 Å². The third kappa shape index (κ3) is 2.82. The van der Waals surface area contributed by atoms with Crippen molar-refractivity contribution in [1.82, 2.24) is 4.98 Å². The Kier molecular flexibility index (Phi) is 3.74. The van der Waals surface area contributed by atoms with Gasteiger partial charge in [-0.15, -0.1) is 0 Å². The van der Waals surface area contributed by atoms with Crippen molar-refractivity contribution < 1.29 is 14.2 Å². The largest absolute Gasteiger partial charge is 0.385 e. The summed E-state index contributed by atoms with van der Waals surface area (Å²) in [4.78, 5) is 3.80. The molecular formula is C13H18FNO2. The topological polar surface area (TPSA) is 42.4 Å². The SMILES string of the molecule is CCCC1CC(O)(c2cncc(F)c2)CCO1. The molecule has 0 aromatic carbocycles. The Morgan fingerprint density at radius 2 is 2.41 bits per heavy atom. The van der Waals surface area contributed by atoms with Gasteiger partial charge in [0.25, 0.3) is 0 Å². The van der Waals surface area contributed by atoms with Crippen molar-refractivity contribution in [2.75, 3.05) is 6.61 Å². The summed E-state index contributed by atoms with van der Waals surface area (Å²) in [7, 11) is 0. The second kappa shape index (κ2) is 5.10. The highest BCUT2D eigenvalue weighted by Crippen LogP contribution is 2.35. The molecule has 0 amide bonds. The first-order valence-electron chi connectivity index (χ1n) is 6.09. The van der Waals surface area contributed by atoms with Crippen LogP contribution in [0.4, 0.5) is 4.39 Å². The molecule has 1 aliphatic rings. The number of rotatable bonds is 3. The molecule has 1 N–H and O–H groups in total. The van der Waals surface area contributed by atoms with Gasteiger partial charge in [0.05, 0.1) is 24.5 Å². The number of hydrogen-bond donors (Lipinski definition) is 1. The summed E-state index contributed by atoms with van der Waals surface area (Å²) < 4.78 is 18.7. The van der Waals surface area contributed by atoms with Crippen LogP contribution in [0.1, 0.15) is 38.2 Å². The molecule has 1 aliphatic heterocycles. The van der Waals surface area contributed by atoms with Crippen LogP contribution in [0.2, 0.25) is 0 Å². The number of aliphatic hydroxyl groups is 1. The van der Waals surface area contributed by atoms with Crippen molar-refractivity contribution in [2.24, 2.45) is 0 Å². The number of pyridine rings is 1. The van der Waals surface area contributed by atoms with Crippen molar-refractivity contribution in [3.8, 4) is 0 Å². The van der Waals surface area contributed by atoms with E-state index in [1.807, 2.05) is 0 Å². The summed E-state index contributed by atoms with van der Waals surface area (Å²) in [5, 5.41) is 10.6. The van der Waals surface area contributed by atoms with Gasteiger partial charge in [-0.2, -0.15) is 0 Å². The minimum atomic E-state index is -0.993. The normalized spacial score (nSPS) is 29.2. The van der Waals surface area contributed by atoms with E-state index in [4.69, 9.17) is 4.74 Å². The number of halogens is 1. The molecule has 1 aromatic heterocycles. The lowest BCUT2D eigenvalue weighted by atomic mass is 9.83. The Bertz CT molecular complexity index is 383. The highest BCUT2D eigenvalue weighted by atomic mass is 19.1. The third-order valence-electron chi connectivity index (χ3n) is 3.29. The van der Waals surface area contributed by atoms with Crippen LogP contribution in [-0.4, -0.2) is 22.8 Å². The molecule has 1 saturated heterocycles. The van der Waals surface area contributed by atoms with Crippen LogP contribution in [-0.2, 0) is 10.3 Å². The average molecular weight is 239 g/mol. The fraction of sp³-hybridized carbons (Fsp3) is 0.615. The van der Waals surface area contributed by atoms with E-state index in [9.17, 15) is 9.50 Å². The van der Waals surface area contributed by atoms with E-state index >= 15 is 0 Å². The van der Waals surface area contributed by atoms with Gasteiger partial charge in [-0.3, -0.25) is 4.98 Å². The Morgan fingerprint density at radius 1 is 1.59 bits per heavy atom. The van der Waals surface area contributed by atoms with E-state index in [-0.39, 0.29) is 6.10 Å². The minimum Gasteiger partial charge on any atom is -0.385 e. The number of ether oxygens (including phenoxy) is 1. The van der Waals surface area contributed by atoms with E-state index in [1.165, 1.54) is 12.3 Å². The van der Waals surface area contributed by atoms with Crippen LogP contribution < -0.4 is 0 Å². The van der Waals surface area contributed by atoms with Gasteiger partial charge in [0.2, 0.25) is 0 Å². The first-order valence-corrected chi connectivity index (χ1v) is 6.09. The van der Waals surface area contributed by atoms with E-state index in [0.29, 0.717) is 25.0 Å². The fourth-order valence-corrected chi connectivity index (χ4v) is 2.37. The summed E-state index contributed by atoms with van der Waals surface area (Å²) in [5.41, 5.74) is -0.436. The quantitative estimate of drug-likeness (QED) is 0.880. The van der Waals surface area contributed by atoms with Crippen molar-refractivity contribution >= 4 is 0 Å². The summed E-state index contributed by atoms with van der Waals surface area (Å²) in [6.45, 7) is 2.60. The Morgan fingerprint density at radius 3 is 3.12 bits per heavy atom. The van der Waals surface area contributed by atoms with Crippen LogP contribution in [0.5, 0.6) is 0 Å². The molecule has 2 heterocycles. The molecule has 2 atom stereocenters. The maximum atomic E-state index is 13.1. The lowest BCUT2D eigenvalue weighted by Gasteiger charge is -2.37. The first-order chi connectivity index (χ1) is 8.14. The number of aromatic nitrogens is 1. The fourth-order valence-electron chi connectivity index (χ4n) is 2.37. The number of nitrogens with zero attached hydrogens (tertiary/aromatic N) is 1. The molecule has 0 aliphatic carbocycles. The van der Waals surface area contributed by atoms with Gasteiger partial charge < -0.3 is 9.84 Å². The molecule has 17 heavy (non-hydrogen) atoms. The molecule has 1 fully saturated rings. The lowest BCUT2D eigenvalue weighted by molar-refractivity contribution is -0.110. The summed E-state index contributed by atoms with van der Waals surface area (Å²) in [6, 6.07) is 1.36. The smallest absolute Gasteiger partial charge is 0.141 e. The highest BCUT2D eigenvalue weighted by molar-refractivity contribution is 5.19. The predicted molar refractivity (Wildman–Crippen MR) is 62.0 cm³/mol. The molecule has 0 saturated carbocycles. The Hall–Kier alpha value is -1.00. The minimum absolute atomic E-state index is 0.0574. The van der Waals surface area contributed by atoms with Gasteiger partial charge in [0.1, 0.15) is 5.82 Å². The Labute approximate surface area is 101 Å². The molecule has 0 radical (unpaired) electrons. The predicted octanol–water partition coefficient (Wildman–Crippen LogP) is 2.39. The maximum Gasteiger partial charge on any atom is 0.141 e. The van der Waals surface area contributed by atoms with Gasteiger partial charge in [0.15, 0.2) is 0 Å². The monoisotopic (exact) mass is 239 g/mol. The van der Waals surface area contributed by atoms with E-state index in [2.05, 4.69) is 11.9 Å². The van der Waals surface area contributed by atoms with Crippen LogP contribution in [0.15, 0.2) is 18.5 Å². The van der Waals surface area contributed by atoms with Gasteiger partial charge >= 0.3 is 0 Å². The standard InChI is InChI=1S/C13H18FNO2/c1-2-3-12-7-13(16,4-5-17-12)10-6-11(14)9-15-8-10/h6,8-9,12,16H,2-5,7H2,1H3. The zero-order valence-electron chi connectivity index (χ0n) is 10.0. The van der Waals surface area contributed by atoms with E-state index < -0.39 is 11.4 Å². The molecule has 2 unspecified atom stereocenters. The van der Waals surface area contributed by atoms with Crippen LogP contribution in [0.25, 0.3) is 0 Å². The van der Waals surface area contributed by atoms with Crippen LogP contribution in [0.3, 0.4) is 0 Å².